The lowest BCUT2D eigenvalue weighted by Gasteiger charge is -2.15. The molecule has 1 aromatic carbocycles. The molecule has 0 atom stereocenters. The van der Waals surface area contributed by atoms with Crippen LogP contribution in [0.25, 0.3) is 0 Å². The molecular weight excluding hydrogens is 232 g/mol. The van der Waals surface area contributed by atoms with Gasteiger partial charge in [0.1, 0.15) is 0 Å². The van der Waals surface area contributed by atoms with Crippen molar-refractivity contribution in [3.63, 3.8) is 0 Å². The second-order valence-corrected chi connectivity index (χ2v) is 4.75. The van der Waals surface area contributed by atoms with Crippen molar-refractivity contribution in [1.82, 2.24) is 9.59 Å². The van der Waals surface area contributed by atoms with Gasteiger partial charge >= 0.3 is 0 Å². The summed E-state index contributed by atoms with van der Waals surface area (Å²) in [7, 11) is 4.09. The number of anilines is 2. The minimum Gasteiger partial charge on any atom is -0.379 e. The number of aromatic nitrogens is 2. The zero-order valence-electron chi connectivity index (χ0n) is 10.3. The maximum Gasteiger partial charge on any atom is 0.0946 e. The molecule has 0 saturated heterocycles. The third kappa shape index (κ3) is 2.94. The predicted octanol–water partition coefficient (Wildman–Crippen LogP) is 2.52. The fraction of sp³-hybridized carbons (Fsp3) is 0.333. The van der Waals surface area contributed by atoms with Crippen molar-refractivity contribution < 1.29 is 0 Å². The van der Waals surface area contributed by atoms with Crippen molar-refractivity contribution in [3.8, 4) is 0 Å². The molecule has 4 nitrogen and oxygen atoms in total. The van der Waals surface area contributed by atoms with Crippen LogP contribution >= 0.6 is 11.5 Å². The van der Waals surface area contributed by atoms with Gasteiger partial charge in [-0.25, -0.2) is 0 Å². The quantitative estimate of drug-likeness (QED) is 0.902. The van der Waals surface area contributed by atoms with Crippen LogP contribution in [0, 0.1) is 6.92 Å². The Labute approximate surface area is 105 Å². The first kappa shape index (κ1) is 11.9. The topological polar surface area (TPSA) is 41.0 Å². The van der Waals surface area contributed by atoms with Crippen molar-refractivity contribution in [3.05, 3.63) is 34.8 Å². The number of nitrogens with zero attached hydrogens (tertiary/aromatic N) is 3. The second-order valence-electron chi connectivity index (χ2n) is 4.14. The summed E-state index contributed by atoms with van der Waals surface area (Å²) >= 11 is 1.38. The molecule has 0 amide bonds. The summed E-state index contributed by atoms with van der Waals surface area (Å²) in [5.41, 5.74) is 4.57. The van der Waals surface area contributed by atoms with E-state index in [0.29, 0.717) is 0 Å². The van der Waals surface area contributed by atoms with Gasteiger partial charge < -0.3 is 10.2 Å². The highest BCUT2D eigenvalue weighted by atomic mass is 32.1. The smallest absolute Gasteiger partial charge is 0.0946 e. The van der Waals surface area contributed by atoms with Gasteiger partial charge in [0.25, 0.3) is 0 Å². The Morgan fingerprint density at radius 1 is 1.35 bits per heavy atom. The maximum absolute atomic E-state index is 4.00. The van der Waals surface area contributed by atoms with E-state index in [2.05, 4.69) is 44.9 Å². The highest BCUT2D eigenvalue weighted by molar-refractivity contribution is 7.03. The fourth-order valence-corrected chi connectivity index (χ4v) is 2.02. The largest absolute Gasteiger partial charge is 0.379 e. The van der Waals surface area contributed by atoms with Gasteiger partial charge in [-0.05, 0) is 42.2 Å². The molecule has 2 aromatic rings. The number of hydrogen-bond donors (Lipinski definition) is 1. The summed E-state index contributed by atoms with van der Waals surface area (Å²) in [5, 5.41) is 9.33. The Balaban J connectivity index is 2.06. The van der Waals surface area contributed by atoms with Gasteiger partial charge in [-0.2, -0.15) is 0 Å². The molecule has 17 heavy (non-hydrogen) atoms. The van der Waals surface area contributed by atoms with Gasteiger partial charge in [-0.3, -0.25) is 0 Å². The molecule has 0 aliphatic rings. The average Bonchev–Trinajstić information content (AvgIpc) is 2.80. The summed E-state index contributed by atoms with van der Waals surface area (Å²) in [5.74, 6) is 0. The molecule has 0 unspecified atom stereocenters. The third-order valence-electron chi connectivity index (χ3n) is 2.59. The number of hydrogen-bond acceptors (Lipinski definition) is 5. The van der Waals surface area contributed by atoms with Gasteiger partial charge in [-0.1, -0.05) is 4.49 Å². The van der Waals surface area contributed by atoms with Crippen LogP contribution in [-0.4, -0.2) is 23.7 Å². The third-order valence-corrected chi connectivity index (χ3v) is 3.14. The van der Waals surface area contributed by atoms with Crippen LogP contribution in [0.3, 0.4) is 0 Å². The molecule has 0 radical (unpaired) electrons. The fourth-order valence-electron chi connectivity index (χ4n) is 1.57. The summed E-state index contributed by atoms with van der Waals surface area (Å²) in [4.78, 5) is 2.10. The normalized spacial score (nSPS) is 10.3. The molecular formula is C12H16N4S. The van der Waals surface area contributed by atoms with Crippen molar-refractivity contribution in [2.75, 3.05) is 24.3 Å². The summed E-state index contributed by atoms with van der Waals surface area (Å²) < 4.78 is 3.84. The van der Waals surface area contributed by atoms with E-state index in [9.17, 15) is 0 Å². The van der Waals surface area contributed by atoms with Crippen LogP contribution in [0.2, 0.25) is 0 Å². The molecule has 0 saturated carbocycles. The van der Waals surface area contributed by atoms with Gasteiger partial charge in [0.2, 0.25) is 0 Å². The molecule has 5 heteroatoms. The molecule has 2 rings (SSSR count). The lowest BCUT2D eigenvalue weighted by molar-refractivity contribution is 0.996. The van der Waals surface area contributed by atoms with Gasteiger partial charge in [-0.15, -0.1) is 5.10 Å². The van der Waals surface area contributed by atoms with Crippen LogP contribution in [-0.2, 0) is 6.54 Å². The summed E-state index contributed by atoms with van der Waals surface area (Å²) in [6.45, 7) is 2.83. The standard InChI is InChI=1S/C12H16N4S/c1-9-6-11(16(2)3)4-5-12(9)13-7-10-8-17-15-14-10/h4-6,8,13H,7H2,1-3H3. The van der Waals surface area contributed by atoms with Crippen LogP contribution in [0.1, 0.15) is 11.3 Å². The number of nitrogens with one attached hydrogen (secondary N) is 1. The molecule has 1 heterocycles. The lowest BCUT2D eigenvalue weighted by atomic mass is 10.1. The molecule has 1 aromatic heterocycles. The molecule has 0 spiro atoms. The van der Waals surface area contributed by atoms with Crippen LogP contribution in [0.4, 0.5) is 11.4 Å². The van der Waals surface area contributed by atoms with Crippen LogP contribution in [0.5, 0.6) is 0 Å². The zero-order chi connectivity index (χ0) is 12.3. The Bertz CT molecular complexity index is 479. The molecule has 0 aliphatic heterocycles. The van der Waals surface area contributed by atoms with E-state index in [0.717, 1.165) is 17.9 Å². The average molecular weight is 248 g/mol. The minimum absolute atomic E-state index is 0.721. The summed E-state index contributed by atoms with van der Waals surface area (Å²) in [6, 6.07) is 6.38. The molecule has 1 N–H and O–H groups in total. The molecule has 0 bridgehead atoms. The maximum atomic E-state index is 4.00. The first-order valence-electron chi connectivity index (χ1n) is 5.44. The van der Waals surface area contributed by atoms with E-state index in [1.807, 2.05) is 19.5 Å². The SMILES string of the molecule is Cc1cc(N(C)C)ccc1NCc1csnn1. The first-order valence-corrected chi connectivity index (χ1v) is 6.28. The van der Waals surface area contributed by atoms with E-state index >= 15 is 0 Å². The van der Waals surface area contributed by atoms with E-state index in [4.69, 9.17) is 0 Å². The zero-order valence-corrected chi connectivity index (χ0v) is 11.1. The van der Waals surface area contributed by atoms with Crippen LogP contribution < -0.4 is 10.2 Å². The van der Waals surface area contributed by atoms with Crippen LogP contribution in [0.15, 0.2) is 23.6 Å². The van der Waals surface area contributed by atoms with Crippen molar-refractivity contribution >= 4 is 22.9 Å². The number of aryl methyl sites for hydroxylation is 1. The predicted molar refractivity (Wildman–Crippen MR) is 72.7 cm³/mol. The van der Waals surface area contributed by atoms with Crippen molar-refractivity contribution in [2.24, 2.45) is 0 Å². The Hall–Kier alpha value is -1.62. The first-order chi connectivity index (χ1) is 8.16. The molecule has 0 fully saturated rings. The van der Waals surface area contributed by atoms with E-state index in [-0.39, 0.29) is 0 Å². The molecule has 90 valence electrons. The highest BCUT2D eigenvalue weighted by Crippen LogP contribution is 2.21. The van der Waals surface area contributed by atoms with E-state index in [1.165, 1.54) is 22.8 Å². The van der Waals surface area contributed by atoms with Gasteiger partial charge in [0.15, 0.2) is 0 Å². The lowest BCUT2D eigenvalue weighted by Crippen LogP contribution is -2.09. The minimum atomic E-state index is 0.721. The number of benzene rings is 1. The van der Waals surface area contributed by atoms with E-state index < -0.39 is 0 Å². The van der Waals surface area contributed by atoms with Crippen molar-refractivity contribution in [1.29, 1.82) is 0 Å². The Morgan fingerprint density at radius 3 is 2.76 bits per heavy atom. The van der Waals surface area contributed by atoms with Gasteiger partial charge in [0, 0.05) is 30.9 Å². The number of rotatable bonds is 4. The van der Waals surface area contributed by atoms with E-state index in [1.54, 1.807) is 0 Å². The summed E-state index contributed by atoms with van der Waals surface area (Å²) in [6.07, 6.45) is 0. The molecule has 0 aliphatic carbocycles. The van der Waals surface area contributed by atoms with Gasteiger partial charge in [0.05, 0.1) is 12.2 Å². The van der Waals surface area contributed by atoms with Crippen molar-refractivity contribution in [2.45, 2.75) is 13.5 Å². The monoisotopic (exact) mass is 248 g/mol. The highest BCUT2D eigenvalue weighted by Gasteiger charge is 2.02. The second kappa shape index (κ2) is 5.14. The Kier molecular flexibility index (Phi) is 3.58. The Morgan fingerprint density at radius 2 is 2.18 bits per heavy atom.